The maximum atomic E-state index is 13.6. The molecule has 1 aliphatic heterocycles. The molecule has 0 saturated carbocycles. The summed E-state index contributed by atoms with van der Waals surface area (Å²) in [5.74, 6) is 1.57. The minimum atomic E-state index is -0.351. The lowest BCUT2D eigenvalue weighted by Gasteiger charge is -2.30. The summed E-state index contributed by atoms with van der Waals surface area (Å²) in [6.07, 6.45) is 1.25. The molecule has 32 heavy (non-hydrogen) atoms. The molecular formula is C27H26N2O3. The van der Waals surface area contributed by atoms with Crippen LogP contribution in [-0.2, 0) is 4.79 Å². The van der Waals surface area contributed by atoms with E-state index in [0.717, 1.165) is 34.6 Å². The van der Waals surface area contributed by atoms with Crippen molar-refractivity contribution in [3.8, 4) is 11.5 Å². The Labute approximate surface area is 188 Å². The third kappa shape index (κ3) is 3.50. The largest absolute Gasteiger partial charge is 0.493 e. The highest BCUT2D eigenvalue weighted by atomic mass is 16.5. The zero-order valence-corrected chi connectivity index (χ0v) is 18.2. The molecule has 0 aromatic heterocycles. The van der Waals surface area contributed by atoms with Crippen molar-refractivity contribution in [2.45, 2.75) is 24.8 Å². The minimum absolute atomic E-state index is 0.141. The Morgan fingerprint density at radius 3 is 2.31 bits per heavy atom. The Balaban J connectivity index is 1.66. The number of carbonyl (C=O) groups excluding carboxylic acids is 1. The van der Waals surface area contributed by atoms with E-state index in [1.807, 2.05) is 60.7 Å². The van der Waals surface area contributed by atoms with Crippen LogP contribution in [0.25, 0.3) is 0 Å². The van der Waals surface area contributed by atoms with Gasteiger partial charge in [-0.15, -0.1) is 0 Å². The second kappa shape index (κ2) is 8.42. The van der Waals surface area contributed by atoms with Crippen molar-refractivity contribution in [1.29, 1.82) is 0 Å². The Bertz CT molecular complexity index is 1190. The van der Waals surface area contributed by atoms with Gasteiger partial charge in [0.1, 0.15) is 0 Å². The number of anilines is 2. The third-order valence-corrected chi connectivity index (χ3v) is 6.32. The molecule has 0 saturated heterocycles. The number of carbonyl (C=O) groups is 1. The second-order valence-electron chi connectivity index (χ2n) is 8.16. The van der Waals surface area contributed by atoms with Gasteiger partial charge >= 0.3 is 0 Å². The van der Waals surface area contributed by atoms with Crippen molar-refractivity contribution in [3.05, 3.63) is 95.2 Å². The fourth-order valence-corrected chi connectivity index (χ4v) is 4.83. The lowest BCUT2D eigenvalue weighted by molar-refractivity contribution is -0.116. The van der Waals surface area contributed by atoms with Gasteiger partial charge in [-0.1, -0.05) is 54.6 Å². The third-order valence-electron chi connectivity index (χ3n) is 6.32. The number of ketones is 1. The summed E-state index contributed by atoms with van der Waals surface area (Å²) in [7, 11) is 3.26. The quantitative estimate of drug-likeness (QED) is 0.562. The van der Waals surface area contributed by atoms with Gasteiger partial charge in [-0.3, -0.25) is 4.79 Å². The minimum Gasteiger partial charge on any atom is -0.493 e. The summed E-state index contributed by atoms with van der Waals surface area (Å²) in [4.78, 5) is 13.6. The average Bonchev–Trinajstić information content (AvgIpc) is 3.00. The number of nitrogens with one attached hydrogen (secondary N) is 2. The number of ether oxygens (including phenoxy) is 2. The lowest BCUT2D eigenvalue weighted by atomic mass is 9.78. The summed E-state index contributed by atoms with van der Waals surface area (Å²) in [6, 6.07) is 23.8. The normalized spacial score (nSPS) is 19.8. The molecule has 3 aromatic rings. The number of hydrogen-bond acceptors (Lipinski definition) is 5. The number of Topliss-reactive ketones (excluding diaryl/α,β-unsaturated/α-hetero) is 1. The summed E-state index contributed by atoms with van der Waals surface area (Å²) in [5, 5.41) is 7.19. The zero-order chi connectivity index (χ0) is 22.1. The molecule has 2 aliphatic rings. The Hall–Kier alpha value is -3.73. The summed E-state index contributed by atoms with van der Waals surface area (Å²) in [6.45, 7) is 0. The van der Waals surface area contributed by atoms with Gasteiger partial charge in [-0.05, 0) is 36.1 Å². The van der Waals surface area contributed by atoms with E-state index < -0.39 is 0 Å². The molecule has 0 spiro atoms. The Morgan fingerprint density at radius 1 is 0.812 bits per heavy atom. The van der Waals surface area contributed by atoms with E-state index in [1.54, 1.807) is 14.2 Å². The molecule has 0 amide bonds. The molecule has 5 heteroatoms. The van der Waals surface area contributed by atoms with Gasteiger partial charge in [-0.2, -0.15) is 0 Å². The van der Waals surface area contributed by atoms with Crippen LogP contribution in [0.3, 0.4) is 0 Å². The number of methoxy groups -OCH3 is 2. The lowest BCUT2D eigenvalue weighted by Crippen LogP contribution is -2.27. The van der Waals surface area contributed by atoms with Gasteiger partial charge in [-0.25, -0.2) is 0 Å². The van der Waals surface area contributed by atoms with Gasteiger partial charge < -0.3 is 20.1 Å². The molecule has 0 radical (unpaired) electrons. The van der Waals surface area contributed by atoms with Crippen molar-refractivity contribution in [1.82, 2.24) is 0 Å². The highest BCUT2D eigenvalue weighted by molar-refractivity contribution is 6.01. The number of benzene rings is 3. The first kappa shape index (κ1) is 20.2. The zero-order valence-electron chi connectivity index (χ0n) is 18.2. The molecule has 2 N–H and O–H groups in total. The first-order chi connectivity index (χ1) is 15.7. The van der Waals surface area contributed by atoms with Crippen molar-refractivity contribution in [2.24, 2.45) is 0 Å². The molecule has 5 rings (SSSR count). The van der Waals surface area contributed by atoms with Crippen LogP contribution < -0.4 is 20.1 Å². The fourth-order valence-electron chi connectivity index (χ4n) is 4.83. The van der Waals surface area contributed by atoms with Crippen molar-refractivity contribution >= 4 is 17.2 Å². The smallest absolute Gasteiger partial charge is 0.166 e. The number of allylic oxidation sites excluding steroid dienone is 1. The maximum Gasteiger partial charge on any atom is 0.166 e. The van der Waals surface area contributed by atoms with Crippen molar-refractivity contribution in [2.75, 3.05) is 24.9 Å². The molecule has 1 aliphatic carbocycles. The summed E-state index contributed by atoms with van der Waals surface area (Å²) >= 11 is 0. The van der Waals surface area contributed by atoms with Crippen LogP contribution in [-0.4, -0.2) is 20.0 Å². The van der Waals surface area contributed by atoms with Gasteiger partial charge in [0, 0.05) is 23.3 Å². The van der Waals surface area contributed by atoms with Gasteiger partial charge in [0.05, 0.1) is 31.6 Å². The monoisotopic (exact) mass is 426 g/mol. The van der Waals surface area contributed by atoms with Crippen molar-refractivity contribution in [3.63, 3.8) is 0 Å². The average molecular weight is 427 g/mol. The fraction of sp³-hybridized carbons (Fsp3) is 0.222. The van der Waals surface area contributed by atoms with Crippen molar-refractivity contribution < 1.29 is 14.3 Å². The van der Waals surface area contributed by atoms with Crippen LogP contribution in [0.1, 0.15) is 35.9 Å². The van der Waals surface area contributed by atoms with E-state index in [2.05, 4.69) is 22.8 Å². The van der Waals surface area contributed by atoms with E-state index in [0.29, 0.717) is 17.9 Å². The molecule has 5 nitrogen and oxygen atoms in total. The van der Waals surface area contributed by atoms with E-state index in [9.17, 15) is 4.79 Å². The van der Waals surface area contributed by atoms with E-state index in [-0.39, 0.29) is 17.7 Å². The summed E-state index contributed by atoms with van der Waals surface area (Å²) in [5.41, 5.74) is 5.70. The molecule has 1 heterocycles. The van der Waals surface area contributed by atoms with E-state index >= 15 is 0 Å². The number of hydrogen-bond donors (Lipinski definition) is 2. The Morgan fingerprint density at radius 2 is 1.56 bits per heavy atom. The van der Waals surface area contributed by atoms with Crippen LogP contribution in [0.15, 0.2) is 84.1 Å². The SMILES string of the molecule is COc1cccc([C@@H]2Nc3ccccc3NC3=C2C(=O)C[C@H](c2ccccc2)C3)c1OC. The standard InChI is InChI=1S/C27H26N2O3/c1-31-24-14-8-11-19(27(24)32-2)26-25-22(28-20-12-6-7-13-21(20)29-26)15-18(16-23(25)30)17-9-4-3-5-10-17/h3-14,18,26,28-29H,15-16H2,1-2H3/t18-,26+/m1/s1. The van der Waals surface area contributed by atoms with Gasteiger partial charge in [0.25, 0.3) is 0 Å². The van der Waals surface area contributed by atoms with Crippen LogP contribution in [0.2, 0.25) is 0 Å². The molecule has 2 atom stereocenters. The predicted molar refractivity (Wildman–Crippen MR) is 126 cm³/mol. The van der Waals surface area contributed by atoms with Crippen LogP contribution in [0.5, 0.6) is 11.5 Å². The summed E-state index contributed by atoms with van der Waals surface area (Å²) < 4.78 is 11.3. The topological polar surface area (TPSA) is 59.6 Å². The second-order valence-corrected chi connectivity index (χ2v) is 8.16. The molecule has 0 unspecified atom stereocenters. The number of para-hydroxylation sites is 3. The highest BCUT2D eigenvalue weighted by Crippen LogP contribution is 2.47. The van der Waals surface area contributed by atoms with E-state index in [1.165, 1.54) is 5.56 Å². The van der Waals surface area contributed by atoms with Crippen LogP contribution in [0.4, 0.5) is 11.4 Å². The van der Waals surface area contributed by atoms with Crippen LogP contribution in [0, 0.1) is 0 Å². The Kier molecular flexibility index (Phi) is 5.31. The van der Waals surface area contributed by atoms with E-state index in [4.69, 9.17) is 9.47 Å². The van der Waals surface area contributed by atoms with Gasteiger partial charge in [0.2, 0.25) is 0 Å². The molecule has 0 fully saturated rings. The van der Waals surface area contributed by atoms with Crippen LogP contribution >= 0.6 is 0 Å². The molecule has 0 bridgehead atoms. The number of fused-ring (bicyclic) bond motifs is 1. The molecule has 162 valence electrons. The number of rotatable bonds is 4. The molecule has 3 aromatic carbocycles. The first-order valence-corrected chi connectivity index (χ1v) is 10.8. The maximum absolute atomic E-state index is 13.6. The predicted octanol–water partition coefficient (Wildman–Crippen LogP) is 5.68. The first-order valence-electron chi connectivity index (χ1n) is 10.8. The molecular weight excluding hydrogens is 400 g/mol. The van der Waals surface area contributed by atoms with Gasteiger partial charge in [0.15, 0.2) is 17.3 Å². The highest BCUT2D eigenvalue weighted by Gasteiger charge is 2.37.